The van der Waals surface area contributed by atoms with Crippen molar-refractivity contribution in [1.29, 1.82) is 0 Å². The number of ether oxygens (including phenoxy) is 1. The molecule has 1 saturated carbocycles. The molecule has 5 nitrogen and oxygen atoms in total. The van der Waals surface area contributed by atoms with Gasteiger partial charge in [-0.25, -0.2) is 0 Å². The maximum absolute atomic E-state index is 12.5. The van der Waals surface area contributed by atoms with Crippen LogP contribution in [0.25, 0.3) is 0 Å². The Labute approximate surface area is 138 Å². The van der Waals surface area contributed by atoms with Gasteiger partial charge in [0.2, 0.25) is 11.8 Å². The van der Waals surface area contributed by atoms with E-state index in [1.165, 1.54) is 0 Å². The van der Waals surface area contributed by atoms with Crippen molar-refractivity contribution in [2.45, 2.75) is 33.1 Å². The Morgan fingerprint density at radius 2 is 1.96 bits per heavy atom. The van der Waals surface area contributed by atoms with E-state index in [2.05, 4.69) is 5.32 Å². The van der Waals surface area contributed by atoms with Crippen LogP contribution in [-0.2, 0) is 16.0 Å². The molecule has 0 aromatic heterocycles. The van der Waals surface area contributed by atoms with E-state index in [-0.39, 0.29) is 11.8 Å². The Morgan fingerprint density at radius 3 is 2.52 bits per heavy atom. The fourth-order valence-corrected chi connectivity index (χ4v) is 2.79. The monoisotopic (exact) mass is 318 g/mol. The van der Waals surface area contributed by atoms with Gasteiger partial charge < -0.3 is 15.0 Å². The van der Waals surface area contributed by atoms with Crippen LogP contribution in [0.15, 0.2) is 24.3 Å². The number of benzene rings is 1. The number of hydrogen-bond acceptors (Lipinski definition) is 3. The Bertz CT molecular complexity index is 563. The second kappa shape index (κ2) is 7.49. The highest BCUT2D eigenvalue weighted by molar-refractivity contribution is 6.07. The maximum Gasteiger partial charge on any atom is 0.238 e. The third-order valence-corrected chi connectivity index (χ3v) is 4.48. The quantitative estimate of drug-likeness (QED) is 0.746. The van der Waals surface area contributed by atoms with Gasteiger partial charge in [0.05, 0.1) is 7.11 Å². The van der Waals surface area contributed by atoms with Crippen molar-refractivity contribution in [2.75, 3.05) is 26.7 Å². The largest absolute Gasteiger partial charge is 0.497 e. The molecule has 0 spiro atoms. The number of methoxy groups -OCH3 is 1. The summed E-state index contributed by atoms with van der Waals surface area (Å²) >= 11 is 0. The molecule has 0 aliphatic heterocycles. The zero-order valence-electron chi connectivity index (χ0n) is 14.2. The normalized spacial score (nSPS) is 14.9. The summed E-state index contributed by atoms with van der Waals surface area (Å²) in [4.78, 5) is 26.7. The molecule has 0 atom stereocenters. The summed E-state index contributed by atoms with van der Waals surface area (Å²) in [7, 11) is 1.64. The molecule has 1 aliphatic carbocycles. The lowest BCUT2D eigenvalue weighted by molar-refractivity contribution is -0.143. The van der Waals surface area contributed by atoms with Crippen molar-refractivity contribution < 1.29 is 14.3 Å². The summed E-state index contributed by atoms with van der Waals surface area (Å²) in [5, 5.41) is 2.93. The Hall–Kier alpha value is -2.04. The molecule has 0 radical (unpaired) electrons. The Balaban J connectivity index is 1.88. The fraction of sp³-hybridized carbons (Fsp3) is 0.556. The van der Waals surface area contributed by atoms with E-state index >= 15 is 0 Å². The topological polar surface area (TPSA) is 58.6 Å². The van der Waals surface area contributed by atoms with Gasteiger partial charge in [0.15, 0.2) is 0 Å². The van der Waals surface area contributed by atoms with Gasteiger partial charge in [0, 0.05) is 19.6 Å². The first kappa shape index (κ1) is 17.3. The summed E-state index contributed by atoms with van der Waals surface area (Å²) in [6, 6.07) is 7.79. The van der Waals surface area contributed by atoms with Crippen LogP contribution in [-0.4, -0.2) is 43.5 Å². The molecule has 1 aromatic rings. The van der Waals surface area contributed by atoms with Gasteiger partial charge in [0.25, 0.3) is 0 Å². The Morgan fingerprint density at radius 1 is 1.26 bits per heavy atom. The van der Waals surface area contributed by atoms with Gasteiger partial charge in [-0.1, -0.05) is 12.1 Å². The molecular formula is C18H26N2O3. The molecule has 2 amide bonds. The first-order valence-electron chi connectivity index (χ1n) is 8.28. The molecule has 23 heavy (non-hydrogen) atoms. The van der Waals surface area contributed by atoms with Crippen LogP contribution in [0.4, 0.5) is 0 Å². The van der Waals surface area contributed by atoms with Gasteiger partial charge in [-0.2, -0.15) is 0 Å². The number of nitrogens with zero attached hydrogens (tertiary/aromatic N) is 1. The van der Waals surface area contributed by atoms with Crippen molar-refractivity contribution in [3.05, 3.63) is 29.8 Å². The minimum absolute atomic E-state index is 0.0265. The number of carbonyl (C=O) groups excluding carboxylic acids is 2. The van der Waals surface area contributed by atoms with Crippen LogP contribution in [0.5, 0.6) is 5.75 Å². The van der Waals surface area contributed by atoms with E-state index in [1.54, 1.807) is 12.0 Å². The summed E-state index contributed by atoms with van der Waals surface area (Å²) < 4.78 is 5.19. The molecule has 126 valence electrons. The molecule has 1 fully saturated rings. The molecule has 0 saturated heterocycles. The fourth-order valence-electron chi connectivity index (χ4n) is 2.79. The van der Waals surface area contributed by atoms with Gasteiger partial charge in [-0.15, -0.1) is 0 Å². The first-order chi connectivity index (χ1) is 11.1. The molecule has 2 rings (SSSR count). The van der Waals surface area contributed by atoms with Crippen LogP contribution in [0, 0.1) is 5.41 Å². The predicted molar refractivity (Wildman–Crippen MR) is 89.3 cm³/mol. The zero-order chi connectivity index (χ0) is 16.9. The second-order valence-electron chi connectivity index (χ2n) is 5.92. The molecule has 1 aliphatic rings. The lowest BCUT2D eigenvalue weighted by Crippen LogP contribution is -2.45. The molecule has 0 bridgehead atoms. The summed E-state index contributed by atoms with van der Waals surface area (Å²) in [6.45, 7) is 5.71. The smallest absolute Gasteiger partial charge is 0.238 e. The Kier molecular flexibility index (Phi) is 5.64. The van der Waals surface area contributed by atoms with E-state index in [1.807, 2.05) is 38.1 Å². The average molecular weight is 318 g/mol. The zero-order valence-corrected chi connectivity index (χ0v) is 14.2. The molecule has 0 heterocycles. The van der Waals surface area contributed by atoms with E-state index in [4.69, 9.17) is 4.74 Å². The van der Waals surface area contributed by atoms with Crippen molar-refractivity contribution in [3.8, 4) is 5.75 Å². The van der Waals surface area contributed by atoms with Crippen LogP contribution in [0.3, 0.4) is 0 Å². The first-order valence-corrected chi connectivity index (χ1v) is 8.28. The van der Waals surface area contributed by atoms with E-state index in [9.17, 15) is 9.59 Å². The lowest BCUT2D eigenvalue weighted by atomic mass is 10.0. The lowest BCUT2D eigenvalue weighted by Gasteiger charge is -2.24. The summed E-state index contributed by atoms with van der Waals surface area (Å²) in [5.41, 5.74) is 0.296. The standard InChI is InChI=1S/C18H26N2O3/c1-4-20(5-2)17(22)18(10-11-18)16(21)19-12-9-14-7-6-8-15(13-14)23-3/h6-8,13H,4-5,9-12H2,1-3H3,(H,19,21). The molecule has 0 unspecified atom stereocenters. The molecule has 1 aromatic carbocycles. The van der Waals surface area contributed by atoms with Crippen LogP contribution in [0.1, 0.15) is 32.3 Å². The molecule has 1 N–H and O–H groups in total. The minimum atomic E-state index is -0.805. The second-order valence-corrected chi connectivity index (χ2v) is 5.92. The highest BCUT2D eigenvalue weighted by Gasteiger charge is 2.57. The van der Waals surface area contributed by atoms with Gasteiger partial charge in [-0.05, 0) is 50.8 Å². The number of nitrogens with one attached hydrogen (secondary N) is 1. The third kappa shape index (κ3) is 3.84. The number of hydrogen-bond donors (Lipinski definition) is 1. The van der Waals surface area contributed by atoms with Crippen LogP contribution >= 0.6 is 0 Å². The third-order valence-electron chi connectivity index (χ3n) is 4.48. The number of rotatable bonds is 8. The van der Waals surface area contributed by atoms with Crippen LogP contribution in [0.2, 0.25) is 0 Å². The summed E-state index contributed by atoms with van der Waals surface area (Å²) in [6.07, 6.45) is 2.04. The van der Waals surface area contributed by atoms with Crippen molar-refractivity contribution in [1.82, 2.24) is 10.2 Å². The highest BCUT2D eigenvalue weighted by atomic mass is 16.5. The van der Waals surface area contributed by atoms with Crippen LogP contribution < -0.4 is 10.1 Å². The average Bonchev–Trinajstić information content (AvgIpc) is 3.38. The van der Waals surface area contributed by atoms with Crippen molar-refractivity contribution in [3.63, 3.8) is 0 Å². The minimum Gasteiger partial charge on any atom is -0.497 e. The van der Waals surface area contributed by atoms with E-state index in [0.717, 1.165) is 17.7 Å². The van der Waals surface area contributed by atoms with E-state index < -0.39 is 5.41 Å². The van der Waals surface area contributed by atoms with Gasteiger partial charge in [-0.3, -0.25) is 9.59 Å². The van der Waals surface area contributed by atoms with E-state index in [0.29, 0.717) is 32.5 Å². The number of carbonyl (C=O) groups is 2. The predicted octanol–water partition coefficient (Wildman–Crippen LogP) is 2.00. The van der Waals surface area contributed by atoms with Crippen molar-refractivity contribution in [2.24, 2.45) is 5.41 Å². The SMILES string of the molecule is CCN(CC)C(=O)C1(C(=O)NCCc2cccc(OC)c2)CC1. The highest BCUT2D eigenvalue weighted by Crippen LogP contribution is 2.47. The van der Waals surface area contributed by atoms with Gasteiger partial charge in [0.1, 0.15) is 11.2 Å². The molecular weight excluding hydrogens is 292 g/mol. The maximum atomic E-state index is 12.5. The molecule has 5 heteroatoms. The van der Waals surface area contributed by atoms with Gasteiger partial charge >= 0.3 is 0 Å². The van der Waals surface area contributed by atoms with Crippen molar-refractivity contribution >= 4 is 11.8 Å². The number of amides is 2. The summed E-state index contributed by atoms with van der Waals surface area (Å²) in [5.74, 6) is 0.655.